The van der Waals surface area contributed by atoms with Crippen LogP contribution in [0.2, 0.25) is 0 Å². The van der Waals surface area contributed by atoms with Gasteiger partial charge in [-0.25, -0.2) is 4.68 Å². The maximum absolute atomic E-state index is 12.9. The molecule has 0 aliphatic rings. The third kappa shape index (κ3) is 5.06. The number of benzene rings is 3. The topological polar surface area (TPSA) is 46.9 Å². The smallest absolute Gasteiger partial charge is 0.251 e. The lowest BCUT2D eigenvalue weighted by molar-refractivity contribution is 0.0952. The Morgan fingerprint density at radius 2 is 1.45 bits per heavy atom. The van der Waals surface area contributed by atoms with E-state index in [1.807, 2.05) is 65.3 Å². The van der Waals surface area contributed by atoms with E-state index in [9.17, 15) is 4.79 Å². The van der Waals surface area contributed by atoms with Crippen molar-refractivity contribution in [2.45, 2.75) is 39.5 Å². The molecule has 0 saturated carbocycles. The SMILES string of the molecule is CCCc1c(C)nn(-c2ccc(C(=O)NCC(c3ccccc3)c3ccccc3)cc2)c1C. The second-order valence-corrected chi connectivity index (χ2v) is 8.44. The number of carbonyl (C=O) groups excluding carboxylic acids is 1. The summed E-state index contributed by atoms with van der Waals surface area (Å²) in [5.41, 5.74) is 7.55. The minimum atomic E-state index is -0.0709. The molecule has 4 heteroatoms. The van der Waals surface area contributed by atoms with Gasteiger partial charge in [-0.3, -0.25) is 4.79 Å². The van der Waals surface area contributed by atoms with Gasteiger partial charge < -0.3 is 5.32 Å². The molecule has 0 unspecified atom stereocenters. The summed E-state index contributed by atoms with van der Waals surface area (Å²) in [5.74, 6) is 0.0285. The average Bonchev–Trinajstić information content (AvgIpc) is 3.14. The molecule has 0 radical (unpaired) electrons. The maximum Gasteiger partial charge on any atom is 0.251 e. The molecule has 1 heterocycles. The molecule has 0 fully saturated rings. The molecule has 0 bridgehead atoms. The standard InChI is InChI=1S/C29H31N3O/c1-4-11-27-21(2)31-32(22(27)3)26-18-16-25(17-19-26)29(33)30-20-28(23-12-7-5-8-13-23)24-14-9-6-10-15-24/h5-10,12-19,28H,4,11,20H2,1-3H3,(H,30,33). The van der Waals surface area contributed by atoms with Gasteiger partial charge in [0.15, 0.2) is 0 Å². The summed E-state index contributed by atoms with van der Waals surface area (Å²) in [7, 11) is 0. The van der Waals surface area contributed by atoms with Gasteiger partial charge in [-0.15, -0.1) is 0 Å². The predicted molar refractivity (Wildman–Crippen MR) is 134 cm³/mol. The van der Waals surface area contributed by atoms with Gasteiger partial charge in [-0.05, 0) is 61.2 Å². The van der Waals surface area contributed by atoms with Gasteiger partial charge >= 0.3 is 0 Å². The van der Waals surface area contributed by atoms with E-state index < -0.39 is 0 Å². The van der Waals surface area contributed by atoms with Crippen LogP contribution in [0.1, 0.15) is 57.7 Å². The lowest BCUT2D eigenvalue weighted by atomic mass is 9.91. The van der Waals surface area contributed by atoms with Gasteiger partial charge in [0.25, 0.3) is 5.91 Å². The number of carbonyl (C=O) groups is 1. The number of aromatic nitrogens is 2. The van der Waals surface area contributed by atoms with Gasteiger partial charge in [-0.2, -0.15) is 5.10 Å². The zero-order valence-electron chi connectivity index (χ0n) is 19.6. The van der Waals surface area contributed by atoms with Crippen molar-refractivity contribution in [3.63, 3.8) is 0 Å². The fourth-order valence-electron chi connectivity index (χ4n) is 4.39. The van der Waals surface area contributed by atoms with Crippen molar-refractivity contribution in [1.82, 2.24) is 15.1 Å². The van der Waals surface area contributed by atoms with Crippen LogP contribution in [0.5, 0.6) is 0 Å². The minimum absolute atomic E-state index is 0.0709. The van der Waals surface area contributed by atoms with Crippen molar-refractivity contribution < 1.29 is 4.79 Å². The Balaban J connectivity index is 1.49. The van der Waals surface area contributed by atoms with E-state index in [1.54, 1.807) is 0 Å². The van der Waals surface area contributed by atoms with Crippen LogP contribution >= 0.6 is 0 Å². The van der Waals surface area contributed by atoms with Crippen molar-refractivity contribution in [2.24, 2.45) is 0 Å². The first kappa shape index (κ1) is 22.5. The average molecular weight is 438 g/mol. The number of amides is 1. The fourth-order valence-corrected chi connectivity index (χ4v) is 4.39. The molecule has 4 nitrogen and oxygen atoms in total. The van der Waals surface area contributed by atoms with Gasteiger partial charge in [0, 0.05) is 23.7 Å². The first-order chi connectivity index (χ1) is 16.1. The Hall–Kier alpha value is -3.66. The first-order valence-corrected chi connectivity index (χ1v) is 11.6. The van der Waals surface area contributed by atoms with Crippen LogP contribution in [0.15, 0.2) is 84.9 Å². The second kappa shape index (κ2) is 10.3. The monoisotopic (exact) mass is 437 g/mol. The van der Waals surface area contributed by atoms with Crippen LogP contribution in [-0.2, 0) is 6.42 Å². The Kier molecular flexibility index (Phi) is 7.04. The molecule has 33 heavy (non-hydrogen) atoms. The van der Waals surface area contributed by atoms with Crippen LogP contribution in [-0.4, -0.2) is 22.2 Å². The number of rotatable bonds is 8. The van der Waals surface area contributed by atoms with Gasteiger partial charge in [0.1, 0.15) is 0 Å². The first-order valence-electron chi connectivity index (χ1n) is 11.6. The molecular formula is C29H31N3O. The Labute approximate surface area is 196 Å². The molecular weight excluding hydrogens is 406 g/mol. The Bertz CT molecular complexity index is 1160. The quantitative estimate of drug-likeness (QED) is 0.367. The third-order valence-corrected chi connectivity index (χ3v) is 6.19. The van der Waals surface area contributed by atoms with Crippen molar-refractivity contribution >= 4 is 5.91 Å². The lowest BCUT2D eigenvalue weighted by Gasteiger charge is -2.19. The summed E-state index contributed by atoms with van der Waals surface area (Å²) in [6.45, 7) is 6.89. The number of nitrogens with one attached hydrogen (secondary N) is 1. The van der Waals surface area contributed by atoms with E-state index >= 15 is 0 Å². The highest BCUT2D eigenvalue weighted by atomic mass is 16.1. The normalized spacial score (nSPS) is 11.0. The van der Waals surface area contributed by atoms with Crippen LogP contribution in [0.25, 0.3) is 5.69 Å². The van der Waals surface area contributed by atoms with Gasteiger partial charge in [0.05, 0.1) is 11.4 Å². The van der Waals surface area contributed by atoms with E-state index in [0.29, 0.717) is 12.1 Å². The van der Waals surface area contributed by atoms with Crippen molar-refractivity contribution in [1.29, 1.82) is 0 Å². The van der Waals surface area contributed by atoms with E-state index in [-0.39, 0.29) is 11.8 Å². The molecule has 1 amide bonds. The summed E-state index contributed by atoms with van der Waals surface area (Å²) in [5, 5.41) is 7.85. The van der Waals surface area contributed by atoms with Crippen molar-refractivity contribution in [2.75, 3.05) is 6.54 Å². The number of hydrogen-bond acceptors (Lipinski definition) is 2. The predicted octanol–water partition coefficient (Wildman–Crippen LogP) is 6.00. The number of nitrogens with zero attached hydrogens (tertiary/aromatic N) is 2. The molecule has 4 rings (SSSR count). The number of aryl methyl sites for hydroxylation is 1. The van der Waals surface area contributed by atoms with Crippen LogP contribution in [0.3, 0.4) is 0 Å². The highest BCUT2D eigenvalue weighted by molar-refractivity contribution is 5.94. The minimum Gasteiger partial charge on any atom is -0.351 e. The van der Waals surface area contributed by atoms with Gasteiger partial charge in [-0.1, -0.05) is 74.0 Å². The van der Waals surface area contributed by atoms with Gasteiger partial charge in [0.2, 0.25) is 0 Å². The molecule has 1 N–H and O–H groups in total. The number of hydrogen-bond donors (Lipinski definition) is 1. The summed E-state index contributed by atoms with van der Waals surface area (Å²) in [4.78, 5) is 12.9. The van der Waals surface area contributed by atoms with E-state index in [4.69, 9.17) is 5.10 Å². The zero-order valence-corrected chi connectivity index (χ0v) is 19.6. The van der Waals surface area contributed by atoms with Crippen LogP contribution < -0.4 is 5.32 Å². The van der Waals surface area contributed by atoms with E-state index in [0.717, 1.165) is 24.2 Å². The summed E-state index contributed by atoms with van der Waals surface area (Å²) < 4.78 is 1.98. The Morgan fingerprint density at radius 3 is 2.00 bits per heavy atom. The molecule has 3 aromatic carbocycles. The fraction of sp³-hybridized carbons (Fsp3) is 0.241. The zero-order chi connectivity index (χ0) is 23.2. The van der Waals surface area contributed by atoms with Crippen molar-refractivity contribution in [3.8, 4) is 5.69 Å². The highest BCUT2D eigenvalue weighted by Crippen LogP contribution is 2.24. The molecule has 0 saturated heterocycles. The maximum atomic E-state index is 12.9. The summed E-state index contributed by atoms with van der Waals surface area (Å²) in [6.07, 6.45) is 2.13. The van der Waals surface area contributed by atoms with Crippen LogP contribution in [0, 0.1) is 13.8 Å². The second-order valence-electron chi connectivity index (χ2n) is 8.44. The molecule has 0 spiro atoms. The summed E-state index contributed by atoms with van der Waals surface area (Å²) in [6, 6.07) is 28.3. The van der Waals surface area contributed by atoms with Crippen molar-refractivity contribution in [3.05, 3.63) is 119 Å². The molecule has 0 aliphatic carbocycles. The Morgan fingerprint density at radius 1 is 0.879 bits per heavy atom. The molecule has 0 atom stereocenters. The molecule has 0 aliphatic heterocycles. The third-order valence-electron chi connectivity index (χ3n) is 6.19. The molecule has 4 aromatic rings. The molecule has 168 valence electrons. The van der Waals surface area contributed by atoms with Crippen LogP contribution in [0.4, 0.5) is 0 Å². The van der Waals surface area contributed by atoms with E-state index in [2.05, 4.69) is 50.4 Å². The summed E-state index contributed by atoms with van der Waals surface area (Å²) >= 11 is 0. The largest absolute Gasteiger partial charge is 0.351 e. The molecule has 1 aromatic heterocycles. The van der Waals surface area contributed by atoms with E-state index in [1.165, 1.54) is 22.4 Å². The lowest BCUT2D eigenvalue weighted by Crippen LogP contribution is -2.29. The highest BCUT2D eigenvalue weighted by Gasteiger charge is 2.16.